The Bertz CT molecular complexity index is 1190. The van der Waals surface area contributed by atoms with Crippen molar-refractivity contribution in [1.29, 1.82) is 0 Å². The van der Waals surface area contributed by atoms with Gasteiger partial charge in [0.15, 0.2) is 11.6 Å². The molecule has 35 heavy (non-hydrogen) atoms. The summed E-state index contributed by atoms with van der Waals surface area (Å²) in [6.45, 7) is 12.2. The van der Waals surface area contributed by atoms with Gasteiger partial charge in [-0.1, -0.05) is 80.8 Å². The standard InChI is InChI=1S/C21H23F2N.C9H14ClN/c1-4-5-6-16-19-18(12-11-17(22)20(19)23)24-21(16)14(3)15-9-7-13(2)8-10-15;1-4-6-8(3)11-7-9(10)5-2/h7-12,14,24H,4-6H2,1-3H3;5-7H,4H2,1-3H3/b;8-6+,9-5+,11-7+. The highest BCUT2D eigenvalue weighted by Gasteiger charge is 2.21. The minimum atomic E-state index is -0.784. The molecule has 188 valence electrons. The Labute approximate surface area is 213 Å². The number of nitrogens with zero attached hydrogens (tertiary/aromatic N) is 1. The molecule has 2 nitrogen and oxygen atoms in total. The van der Waals surface area contributed by atoms with Crippen LogP contribution >= 0.6 is 11.6 Å². The smallest absolute Gasteiger partial charge is 0.168 e. The lowest BCUT2D eigenvalue weighted by atomic mass is 9.92. The largest absolute Gasteiger partial charge is 0.358 e. The molecule has 0 aliphatic carbocycles. The number of benzene rings is 2. The Morgan fingerprint density at radius 2 is 1.80 bits per heavy atom. The molecule has 1 unspecified atom stereocenters. The Morgan fingerprint density at radius 1 is 1.11 bits per heavy atom. The SMILES string of the molecule is CCCCc1c(C(C)c2ccc(C)cc2)[nH]c2ccc(F)c(F)c12.C\C=C(Cl)/C=N/C(C)=C/CC. The summed E-state index contributed by atoms with van der Waals surface area (Å²) in [5.74, 6) is -1.42. The number of unbranched alkanes of at least 4 members (excludes halogenated alkanes) is 1. The Balaban J connectivity index is 0.000000334. The van der Waals surface area contributed by atoms with Crippen LogP contribution in [-0.4, -0.2) is 11.2 Å². The van der Waals surface area contributed by atoms with Crippen molar-refractivity contribution < 1.29 is 8.78 Å². The van der Waals surface area contributed by atoms with Crippen molar-refractivity contribution in [1.82, 2.24) is 4.98 Å². The molecule has 1 N–H and O–H groups in total. The van der Waals surface area contributed by atoms with E-state index in [1.807, 2.05) is 19.9 Å². The fourth-order valence-electron chi connectivity index (χ4n) is 3.90. The van der Waals surface area contributed by atoms with Crippen molar-refractivity contribution >= 4 is 28.7 Å². The summed E-state index contributed by atoms with van der Waals surface area (Å²) in [7, 11) is 0. The van der Waals surface area contributed by atoms with Crippen LogP contribution in [0.1, 0.15) is 82.2 Å². The number of aliphatic imine (C=N–C) groups is 1. The van der Waals surface area contributed by atoms with Crippen molar-refractivity contribution in [3.63, 3.8) is 0 Å². The zero-order valence-corrected chi connectivity index (χ0v) is 22.4. The van der Waals surface area contributed by atoms with Crippen LogP contribution in [0.15, 0.2) is 64.3 Å². The second-order valence-electron chi connectivity index (χ2n) is 8.72. The third kappa shape index (κ3) is 7.90. The zero-order valence-electron chi connectivity index (χ0n) is 21.7. The summed E-state index contributed by atoms with van der Waals surface area (Å²) in [5.41, 5.74) is 5.97. The van der Waals surface area contributed by atoms with Gasteiger partial charge in [0.1, 0.15) is 0 Å². The molecule has 0 radical (unpaired) electrons. The first kappa shape index (κ1) is 28.5. The van der Waals surface area contributed by atoms with E-state index in [1.54, 1.807) is 12.3 Å². The molecule has 0 amide bonds. The summed E-state index contributed by atoms with van der Waals surface area (Å²) < 4.78 is 28.2. The van der Waals surface area contributed by atoms with E-state index in [2.05, 4.69) is 68.0 Å². The zero-order chi connectivity index (χ0) is 26.0. The van der Waals surface area contributed by atoms with Gasteiger partial charge in [-0.25, -0.2) is 8.78 Å². The number of hydrogen-bond donors (Lipinski definition) is 1. The van der Waals surface area contributed by atoms with Crippen LogP contribution in [0.3, 0.4) is 0 Å². The average Bonchev–Trinajstić information content (AvgIpc) is 3.23. The minimum Gasteiger partial charge on any atom is -0.358 e. The van der Waals surface area contributed by atoms with Crippen molar-refractivity contribution in [2.75, 3.05) is 0 Å². The van der Waals surface area contributed by atoms with Crippen molar-refractivity contribution in [3.05, 3.63) is 93.3 Å². The Hall–Kier alpha value is -2.72. The van der Waals surface area contributed by atoms with E-state index in [4.69, 9.17) is 11.6 Å². The highest BCUT2D eigenvalue weighted by molar-refractivity contribution is 6.39. The fourth-order valence-corrected chi connectivity index (χ4v) is 3.94. The number of aromatic nitrogens is 1. The molecule has 0 fully saturated rings. The second kappa shape index (κ2) is 14.0. The molecular formula is C30H37ClF2N2. The van der Waals surface area contributed by atoms with Gasteiger partial charge in [-0.3, -0.25) is 4.99 Å². The third-order valence-electron chi connectivity index (χ3n) is 5.95. The molecule has 1 heterocycles. The maximum atomic E-state index is 14.4. The van der Waals surface area contributed by atoms with Crippen LogP contribution in [-0.2, 0) is 6.42 Å². The molecule has 5 heteroatoms. The number of halogens is 3. The van der Waals surface area contributed by atoms with Gasteiger partial charge in [0, 0.05) is 34.4 Å². The van der Waals surface area contributed by atoms with Crippen LogP contribution < -0.4 is 0 Å². The monoisotopic (exact) mass is 498 g/mol. The lowest BCUT2D eigenvalue weighted by Gasteiger charge is -2.14. The van der Waals surface area contributed by atoms with Gasteiger partial charge in [-0.15, -0.1) is 0 Å². The summed E-state index contributed by atoms with van der Waals surface area (Å²) in [6.07, 6.45) is 9.25. The van der Waals surface area contributed by atoms with Gasteiger partial charge in [-0.05, 0) is 63.3 Å². The Kier molecular flexibility index (Phi) is 11.4. The van der Waals surface area contributed by atoms with E-state index >= 15 is 0 Å². The highest BCUT2D eigenvalue weighted by Crippen LogP contribution is 2.34. The molecule has 1 aromatic heterocycles. The normalized spacial score (nSPS) is 13.3. The number of allylic oxidation sites excluding steroid dienone is 4. The molecule has 0 aliphatic rings. The summed E-state index contributed by atoms with van der Waals surface area (Å²) in [5, 5.41) is 1.09. The predicted octanol–water partition coefficient (Wildman–Crippen LogP) is 9.76. The summed E-state index contributed by atoms with van der Waals surface area (Å²) >= 11 is 5.69. The van der Waals surface area contributed by atoms with Gasteiger partial charge in [-0.2, -0.15) is 0 Å². The second-order valence-corrected chi connectivity index (χ2v) is 9.16. The molecule has 0 saturated carbocycles. The molecule has 3 aromatic rings. The minimum absolute atomic E-state index is 0.104. The first-order chi connectivity index (χ1) is 16.7. The molecule has 1 atom stereocenters. The van der Waals surface area contributed by atoms with Crippen LogP contribution in [0, 0.1) is 18.6 Å². The molecule has 0 spiro atoms. The average molecular weight is 499 g/mol. The van der Waals surface area contributed by atoms with Gasteiger partial charge in [0.05, 0.1) is 5.03 Å². The molecular weight excluding hydrogens is 462 g/mol. The number of H-pyrrole nitrogens is 1. The molecule has 0 bridgehead atoms. The molecule has 2 aromatic carbocycles. The molecule has 0 saturated heterocycles. The summed E-state index contributed by atoms with van der Waals surface area (Å²) in [6, 6.07) is 11.2. The highest BCUT2D eigenvalue weighted by atomic mass is 35.5. The van der Waals surface area contributed by atoms with Gasteiger partial charge < -0.3 is 4.98 Å². The maximum absolute atomic E-state index is 14.4. The lowest BCUT2D eigenvalue weighted by Crippen LogP contribution is -2.01. The maximum Gasteiger partial charge on any atom is 0.168 e. The van der Waals surface area contributed by atoms with E-state index < -0.39 is 11.6 Å². The number of rotatable bonds is 8. The van der Waals surface area contributed by atoms with Crippen LogP contribution in [0.5, 0.6) is 0 Å². The van der Waals surface area contributed by atoms with Crippen molar-refractivity contribution in [2.45, 2.75) is 73.1 Å². The van der Waals surface area contributed by atoms with E-state index in [1.165, 1.54) is 17.2 Å². The first-order valence-electron chi connectivity index (χ1n) is 12.3. The number of hydrogen-bond acceptors (Lipinski definition) is 1. The summed E-state index contributed by atoms with van der Waals surface area (Å²) in [4.78, 5) is 7.47. The van der Waals surface area contributed by atoms with Crippen LogP contribution in [0.25, 0.3) is 10.9 Å². The fraction of sp³-hybridized carbons (Fsp3) is 0.367. The molecule has 3 rings (SSSR count). The van der Waals surface area contributed by atoms with Crippen molar-refractivity contribution in [3.8, 4) is 0 Å². The van der Waals surface area contributed by atoms with E-state index in [0.717, 1.165) is 42.6 Å². The van der Waals surface area contributed by atoms with Gasteiger partial charge >= 0.3 is 0 Å². The van der Waals surface area contributed by atoms with Crippen LogP contribution in [0.4, 0.5) is 8.78 Å². The molecule has 0 aliphatic heterocycles. The number of nitrogens with one attached hydrogen (secondary N) is 1. The quantitative estimate of drug-likeness (QED) is 0.299. The predicted molar refractivity (Wildman–Crippen MR) is 148 cm³/mol. The number of fused-ring (bicyclic) bond motifs is 1. The van der Waals surface area contributed by atoms with E-state index in [0.29, 0.717) is 15.9 Å². The number of aryl methyl sites for hydroxylation is 2. The van der Waals surface area contributed by atoms with E-state index in [-0.39, 0.29) is 5.92 Å². The van der Waals surface area contributed by atoms with Crippen LogP contribution in [0.2, 0.25) is 0 Å². The van der Waals surface area contributed by atoms with Gasteiger partial charge in [0.25, 0.3) is 0 Å². The first-order valence-corrected chi connectivity index (χ1v) is 12.7. The van der Waals surface area contributed by atoms with E-state index in [9.17, 15) is 8.78 Å². The topological polar surface area (TPSA) is 28.1 Å². The van der Waals surface area contributed by atoms with Gasteiger partial charge in [0.2, 0.25) is 0 Å². The third-order valence-corrected chi connectivity index (χ3v) is 6.26. The Morgan fingerprint density at radius 3 is 2.40 bits per heavy atom. The van der Waals surface area contributed by atoms with Crippen molar-refractivity contribution in [2.24, 2.45) is 4.99 Å². The lowest BCUT2D eigenvalue weighted by molar-refractivity contribution is 0.516. The number of aromatic amines is 1.